The first-order valence-corrected chi connectivity index (χ1v) is 7.89. The summed E-state index contributed by atoms with van der Waals surface area (Å²) >= 11 is 0. The van der Waals surface area contributed by atoms with E-state index in [1.165, 1.54) is 18.9 Å². The lowest BCUT2D eigenvalue weighted by molar-refractivity contribution is -0.131. The number of carbonyl (C=O) groups is 1. The van der Waals surface area contributed by atoms with Crippen LogP contribution in [0.4, 0.5) is 4.39 Å². The van der Waals surface area contributed by atoms with Crippen LogP contribution in [0, 0.1) is 18.7 Å². The zero-order valence-corrected chi connectivity index (χ0v) is 12.5. The number of halogens is 1. The molecule has 0 spiro atoms. The first-order valence-electron chi connectivity index (χ1n) is 7.89. The van der Waals surface area contributed by atoms with Crippen LogP contribution in [0.2, 0.25) is 0 Å². The van der Waals surface area contributed by atoms with Crippen molar-refractivity contribution in [2.45, 2.75) is 51.5 Å². The smallest absolute Gasteiger partial charge is 0.227 e. The van der Waals surface area contributed by atoms with E-state index < -0.39 is 0 Å². The molecule has 1 saturated carbocycles. The van der Waals surface area contributed by atoms with Crippen molar-refractivity contribution in [3.8, 4) is 0 Å². The lowest BCUT2D eigenvalue weighted by atomic mass is 9.94. The second kappa shape index (κ2) is 6.00. The van der Waals surface area contributed by atoms with Gasteiger partial charge in [-0.3, -0.25) is 4.79 Å². The predicted molar refractivity (Wildman–Crippen MR) is 81.1 cm³/mol. The van der Waals surface area contributed by atoms with E-state index in [1.807, 2.05) is 24.1 Å². The molecular formula is C18H22FNO. The topological polar surface area (TPSA) is 20.3 Å². The van der Waals surface area contributed by atoms with Crippen molar-refractivity contribution in [1.82, 2.24) is 4.90 Å². The Kier molecular flexibility index (Phi) is 4.09. The Morgan fingerprint density at radius 1 is 1.38 bits per heavy atom. The lowest BCUT2D eigenvalue weighted by Gasteiger charge is -2.32. The Labute approximate surface area is 125 Å². The molecule has 112 valence electrons. The summed E-state index contributed by atoms with van der Waals surface area (Å²) < 4.78 is 13.4. The molecular weight excluding hydrogens is 265 g/mol. The number of nitrogens with zero attached hydrogens (tertiary/aromatic N) is 1. The summed E-state index contributed by atoms with van der Waals surface area (Å²) in [5.41, 5.74) is 2.01. The summed E-state index contributed by atoms with van der Waals surface area (Å²) in [5.74, 6) is 0.803. The molecule has 1 aromatic carbocycles. The maximum Gasteiger partial charge on any atom is 0.227 e. The van der Waals surface area contributed by atoms with E-state index >= 15 is 0 Å². The molecule has 2 nitrogen and oxygen atoms in total. The van der Waals surface area contributed by atoms with Gasteiger partial charge in [-0.1, -0.05) is 25.0 Å². The molecule has 0 aromatic heterocycles. The molecule has 21 heavy (non-hydrogen) atoms. The van der Waals surface area contributed by atoms with E-state index in [1.54, 1.807) is 6.07 Å². The maximum atomic E-state index is 13.4. The number of carbonyl (C=O) groups excluding carboxylic acids is 1. The van der Waals surface area contributed by atoms with Gasteiger partial charge in [0.15, 0.2) is 0 Å². The molecule has 0 radical (unpaired) electrons. The molecule has 1 fully saturated rings. The van der Waals surface area contributed by atoms with Gasteiger partial charge in [0.1, 0.15) is 5.82 Å². The summed E-state index contributed by atoms with van der Waals surface area (Å²) in [6.07, 6.45) is 10.1. The largest absolute Gasteiger partial charge is 0.312 e. The molecule has 1 unspecified atom stereocenters. The molecule has 0 N–H and O–H groups in total. The zero-order valence-electron chi connectivity index (χ0n) is 12.5. The van der Waals surface area contributed by atoms with Gasteiger partial charge < -0.3 is 4.90 Å². The van der Waals surface area contributed by atoms with Gasteiger partial charge >= 0.3 is 0 Å². The van der Waals surface area contributed by atoms with E-state index in [0.29, 0.717) is 6.42 Å². The minimum atomic E-state index is -0.210. The summed E-state index contributed by atoms with van der Waals surface area (Å²) in [4.78, 5) is 14.1. The van der Waals surface area contributed by atoms with Gasteiger partial charge in [0, 0.05) is 12.6 Å². The van der Waals surface area contributed by atoms with Gasteiger partial charge in [0.25, 0.3) is 0 Å². The molecule has 1 atom stereocenters. The first kappa shape index (κ1) is 14.3. The number of allylic oxidation sites excluding steroid dienone is 1. The second-order valence-corrected chi connectivity index (χ2v) is 6.26. The number of hydrogen-bond acceptors (Lipinski definition) is 1. The van der Waals surface area contributed by atoms with Gasteiger partial charge in [-0.15, -0.1) is 0 Å². The summed E-state index contributed by atoms with van der Waals surface area (Å²) in [5, 5.41) is 0. The van der Waals surface area contributed by atoms with Crippen LogP contribution in [0.15, 0.2) is 30.5 Å². The van der Waals surface area contributed by atoms with Crippen LogP contribution in [0.3, 0.4) is 0 Å². The van der Waals surface area contributed by atoms with Crippen molar-refractivity contribution in [3.05, 3.63) is 47.4 Å². The standard InChI is InChI=1S/C18H22FNO/c1-13-12-15(19)8-9-16(13)17(10-7-14-5-6-14)20-11-3-2-4-18(20)21/h3,8-9,11-12,14,17H,2,4-7,10H2,1H3. The molecule has 1 aliphatic carbocycles. The van der Waals surface area contributed by atoms with Crippen LogP contribution in [0.25, 0.3) is 0 Å². The van der Waals surface area contributed by atoms with Crippen LogP contribution in [0.5, 0.6) is 0 Å². The molecule has 0 bridgehead atoms. The highest BCUT2D eigenvalue weighted by molar-refractivity contribution is 5.79. The predicted octanol–water partition coefficient (Wildman–Crippen LogP) is 4.50. The highest BCUT2D eigenvalue weighted by Gasteiger charge is 2.29. The average molecular weight is 287 g/mol. The number of amides is 1. The van der Waals surface area contributed by atoms with Crippen molar-refractivity contribution in [2.75, 3.05) is 0 Å². The van der Waals surface area contributed by atoms with E-state index in [-0.39, 0.29) is 17.8 Å². The zero-order chi connectivity index (χ0) is 14.8. The van der Waals surface area contributed by atoms with E-state index in [4.69, 9.17) is 0 Å². The van der Waals surface area contributed by atoms with Gasteiger partial charge in [-0.05, 0) is 55.4 Å². The van der Waals surface area contributed by atoms with Crippen LogP contribution in [-0.4, -0.2) is 10.8 Å². The number of benzene rings is 1. The average Bonchev–Trinajstić information content (AvgIpc) is 3.26. The highest BCUT2D eigenvalue weighted by atomic mass is 19.1. The normalized spacial score (nSPS) is 19.9. The molecule has 0 saturated heterocycles. The molecule has 1 heterocycles. The first-order chi connectivity index (χ1) is 10.1. The third kappa shape index (κ3) is 3.34. The third-order valence-corrected chi connectivity index (χ3v) is 4.55. The quantitative estimate of drug-likeness (QED) is 0.780. The molecule has 1 aromatic rings. The number of rotatable bonds is 5. The monoisotopic (exact) mass is 287 g/mol. The van der Waals surface area contributed by atoms with Crippen LogP contribution < -0.4 is 0 Å². The summed E-state index contributed by atoms with van der Waals surface area (Å²) in [6, 6.07) is 4.97. The van der Waals surface area contributed by atoms with E-state index in [0.717, 1.165) is 36.3 Å². The van der Waals surface area contributed by atoms with Crippen LogP contribution >= 0.6 is 0 Å². The molecule has 3 heteroatoms. The fourth-order valence-electron chi connectivity index (χ4n) is 3.14. The van der Waals surface area contributed by atoms with Gasteiger partial charge in [0.2, 0.25) is 5.91 Å². The minimum Gasteiger partial charge on any atom is -0.312 e. The van der Waals surface area contributed by atoms with Gasteiger partial charge in [0.05, 0.1) is 6.04 Å². The fourth-order valence-corrected chi connectivity index (χ4v) is 3.14. The lowest BCUT2D eigenvalue weighted by Crippen LogP contribution is -2.32. The molecule has 2 aliphatic rings. The van der Waals surface area contributed by atoms with E-state index in [9.17, 15) is 9.18 Å². The Morgan fingerprint density at radius 2 is 2.19 bits per heavy atom. The van der Waals surface area contributed by atoms with Crippen molar-refractivity contribution in [1.29, 1.82) is 0 Å². The fraction of sp³-hybridized carbons (Fsp3) is 0.500. The maximum absolute atomic E-state index is 13.4. The number of hydrogen-bond donors (Lipinski definition) is 0. The Morgan fingerprint density at radius 3 is 2.86 bits per heavy atom. The Balaban J connectivity index is 1.88. The van der Waals surface area contributed by atoms with E-state index in [2.05, 4.69) is 6.08 Å². The van der Waals surface area contributed by atoms with Crippen LogP contribution in [0.1, 0.15) is 55.7 Å². The summed E-state index contributed by atoms with van der Waals surface area (Å²) in [7, 11) is 0. The van der Waals surface area contributed by atoms with Crippen molar-refractivity contribution in [2.24, 2.45) is 5.92 Å². The Bertz CT molecular complexity index is 562. The van der Waals surface area contributed by atoms with Crippen molar-refractivity contribution < 1.29 is 9.18 Å². The van der Waals surface area contributed by atoms with Crippen LogP contribution in [-0.2, 0) is 4.79 Å². The highest BCUT2D eigenvalue weighted by Crippen LogP contribution is 2.39. The minimum absolute atomic E-state index is 0.0512. The molecule has 1 aliphatic heterocycles. The molecule has 1 amide bonds. The van der Waals surface area contributed by atoms with Gasteiger partial charge in [-0.25, -0.2) is 4.39 Å². The SMILES string of the molecule is Cc1cc(F)ccc1C(CCC1CC1)N1C=CCCC1=O. The van der Waals surface area contributed by atoms with Gasteiger partial charge in [-0.2, -0.15) is 0 Å². The van der Waals surface area contributed by atoms with Crippen molar-refractivity contribution >= 4 is 5.91 Å². The third-order valence-electron chi connectivity index (χ3n) is 4.55. The Hall–Kier alpha value is -1.64. The second-order valence-electron chi connectivity index (χ2n) is 6.26. The molecule has 3 rings (SSSR count). The summed E-state index contributed by atoms with van der Waals surface area (Å²) in [6.45, 7) is 1.93. The van der Waals surface area contributed by atoms with Crippen molar-refractivity contribution in [3.63, 3.8) is 0 Å². The number of aryl methyl sites for hydroxylation is 1.